The van der Waals surface area contributed by atoms with Crippen LogP contribution in [0.4, 0.5) is 13.2 Å². The first-order valence-corrected chi connectivity index (χ1v) is 5.55. The number of alkyl halides is 3. The van der Waals surface area contributed by atoms with Crippen LogP contribution in [-0.2, 0) is 0 Å². The quantitative estimate of drug-likeness (QED) is 0.726. The van der Waals surface area contributed by atoms with Crippen LogP contribution in [-0.4, -0.2) is 28.4 Å². The van der Waals surface area contributed by atoms with Crippen LogP contribution in [0.3, 0.4) is 0 Å². The van der Waals surface area contributed by atoms with Crippen molar-refractivity contribution in [2.45, 2.75) is 22.5 Å². The molecular weight excluding hydrogens is 255 g/mol. The highest BCUT2D eigenvalue weighted by atomic mass is 32.2. The Bertz CT molecular complexity index is 356. The summed E-state index contributed by atoms with van der Waals surface area (Å²) >= 11 is -0.227. The zero-order valence-corrected chi connectivity index (χ0v) is 9.50. The SMILES string of the molecule is NC(CO)C(O)c1ccc(SC(F)(F)F)cc1. The molecule has 0 saturated carbocycles. The zero-order chi connectivity index (χ0) is 13.1. The minimum Gasteiger partial charge on any atom is -0.395 e. The lowest BCUT2D eigenvalue weighted by Gasteiger charge is -2.17. The van der Waals surface area contributed by atoms with E-state index in [0.717, 1.165) is 0 Å². The molecule has 96 valence electrons. The van der Waals surface area contributed by atoms with Crippen LogP contribution in [0.1, 0.15) is 11.7 Å². The van der Waals surface area contributed by atoms with Gasteiger partial charge in [0.05, 0.1) is 18.8 Å². The van der Waals surface area contributed by atoms with Gasteiger partial charge in [-0.1, -0.05) is 12.1 Å². The molecule has 0 saturated heterocycles. The van der Waals surface area contributed by atoms with Crippen LogP contribution in [0.25, 0.3) is 0 Å². The highest BCUT2D eigenvalue weighted by Crippen LogP contribution is 2.37. The molecular formula is C10H12F3NO2S. The molecule has 1 rings (SSSR count). The second-order valence-electron chi connectivity index (χ2n) is 3.41. The molecule has 1 aromatic rings. The van der Waals surface area contributed by atoms with Gasteiger partial charge in [0.2, 0.25) is 0 Å². The number of rotatable bonds is 4. The molecule has 0 aliphatic carbocycles. The number of aliphatic hydroxyl groups is 2. The minimum absolute atomic E-state index is 0.0334. The molecule has 0 heterocycles. The van der Waals surface area contributed by atoms with Crippen molar-refractivity contribution < 1.29 is 23.4 Å². The first-order chi connectivity index (χ1) is 7.83. The average molecular weight is 267 g/mol. The third-order valence-corrected chi connectivity index (χ3v) is 2.81. The second-order valence-corrected chi connectivity index (χ2v) is 4.55. The second kappa shape index (κ2) is 5.72. The number of aliphatic hydroxyl groups excluding tert-OH is 2. The summed E-state index contributed by atoms with van der Waals surface area (Å²) in [6.07, 6.45) is -1.09. The van der Waals surface area contributed by atoms with Gasteiger partial charge in [-0.05, 0) is 29.5 Å². The molecule has 4 N–H and O–H groups in total. The van der Waals surface area contributed by atoms with Crippen molar-refractivity contribution >= 4 is 11.8 Å². The topological polar surface area (TPSA) is 66.5 Å². The maximum Gasteiger partial charge on any atom is 0.446 e. The van der Waals surface area contributed by atoms with Gasteiger partial charge in [0, 0.05) is 4.90 Å². The van der Waals surface area contributed by atoms with E-state index in [1.165, 1.54) is 24.3 Å². The highest BCUT2D eigenvalue weighted by Gasteiger charge is 2.29. The summed E-state index contributed by atoms with van der Waals surface area (Å²) in [5, 5.41) is 18.3. The van der Waals surface area contributed by atoms with E-state index in [0.29, 0.717) is 5.56 Å². The predicted molar refractivity (Wildman–Crippen MR) is 58.4 cm³/mol. The Morgan fingerprint density at radius 1 is 1.24 bits per heavy atom. The number of halogens is 3. The van der Waals surface area contributed by atoms with Crippen LogP contribution in [0.15, 0.2) is 29.2 Å². The summed E-state index contributed by atoms with van der Waals surface area (Å²) < 4.78 is 36.1. The van der Waals surface area contributed by atoms with Gasteiger partial charge < -0.3 is 15.9 Å². The fraction of sp³-hybridized carbons (Fsp3) is 0.400. The maximum atomic E-state index is 12.0. The van der Waals surface area contributed by atoms with Crippen LogP contribution >= 0.6 is 11.8 Å². The van der Waals surface area contributed by atoms with Crippen molar-refractivity contribution in [2.24, 2.45) is 5.73 Å². The molecule has 0 spiro atoms. The highest BCUT2D eigenvalue weighted by molar-refractivity contribution is 8.00. The van der Waals surface area contributed by atoms with E-state index in [-0.39, 0.29) is 16.7 Å². The van der Waals surface area contributed by atoms with Gasteiger partial charge in [0.25, 0.3) is 0 Å². The van der Waals surface area contributed by atoms with Crippen LogP contribution in [0.5, 0.6) is 0 Å². The monoisotopic (exact) mass is 267 g/mol. The van der Waals surface area contributed by atoms with E-state index in [1.807, 2.05) is 0 Å². The maximum absolute atomic E-state index is 12.0. The smallest absolute Gasteiger partial charge is 0.395 e. The molecule has 0 fully saturated rings. The lowest BCUT2D eigenvalue weighted by atomic mass is 10.0. The molecule has 1 aromatic carbocycles. The van der Waals surface area contributed by atoms with E-state index >= 15 is 0 Å². The lowest BCUT2D eigenvalue weighted by molar-refractivity contribution is -0.0328. The normalized spacial score (nSPS) is 15.6. The van der Waals surface area contributed by atoms with Crippen molar-refractivity contribution in [3.63, 3.8) is 0 Å². The Labute approximate surface area is 100 Å². The molecule has 0 bridgehead atoms. The Hall–Kier alpha value is -0.760. The van der Waals surface area contributed by atoms with Crippen LogP contribution in [0, 0.1) is 0 Å². The fourth-order valence-electron chi connectivity index (χ4n) is 1.21. The number of hydrogen-bond donors (Lipinski definition) is 3. The molecule has 0 radical (unpaired) electrons. The first-order valence-electron chi connectivity index (χ1n) is 4.73. The number of nitrogens with two attached hydrogens (primary N) is 1. The Morgan fingerprint density at radius 3 is 2.18 bits per heavy atom. The van der Waals surface area contributed by atoms with Gasteiger partial charge in [0.1, 0.15) is 0 Å². The number of benzene rings is 1. The third kappa shape index (κ3) is 4.55. The van der Waals surface area contributed by atoms with Crippen LogP contribution in [0.2, 0.25) is 0 Å². The summed E-state index contributed by atoms with van der Waals surface area (Å²) in [7, 11) is 0. The molecule has 0 aliphatic heterocycles. The predicted octanol–water partition coefficient (Wildman–Crippen LogP) is 1.65. The first kappa shape index (κ1) is 14.3. The summed E-state index contributed by atoms with van der Waals surface area (Å²) in [4.78, 5) is 0.0334. The molecule has 2 atom stereocenters. The van der Waals surface area contributed by atoms with Gasteiger partial charge in [0.15, 0.2) is 0 Å². The molecule has 2 unspecified atom stereocenters. The largest absolute Gasteiger partial charge is 0.446 e. The molecule has 17 heavy (non-hydrogen) atoms. The molecule has 0 amide bonds. The number of hydrogen-bond acceptors (Lipinski definition) is 4. The van der Waals surface area contributed by atoms with E-state index in [1.54, 1.807) is 0 Å². The van der Waals surface area contributed by atoms with Gasteiger partial charge in [-0.15, -0.1) is 0 Å². The van der Waals surface area contributed by atoms with E-state index < -0.39 is 24.3 Å². The van der Waals surface area contributed by atoms with E-state index in [4.69, 9.17) is 10.8 Å². The van der Waals surface area contributed by atoms with Gasteiger partial charge in [-0.2, -0.15) is 13.2 Å². The molecule has 7 heteroatoms. The Morgan fingerprint density at radius 2 is 1.76 bits per heavy atom. The van der Waals surface area contributed by atoms with Crippen molar-refractivity contribution in [3.8, 4) is 0 Å². The van der Waals surface area contributed by atoms with Crippen molar-refractivity contribution in [1.82, 2.24) is 0 Å². The van der Waals surface area contributed by atoms with Crippen LogP contribution < -0.4 is 5.73 Å². The summed E-state index contributed by atoms with van der Waals surface area (Å²) in [6.45, 7) is -0.403. The summed E-state index contributed by atoms with van der Waals surface area (Å²) in [5.41, 5.74) is 1.44. The standard InChI is InChI=1S/C10H12F3NO2S/c11-10(12,13)17-7-3-1-6(2-4-7)9(16)8(14)5-15/h1-4,8-9,15-16H,5,14H2. The lowest BCUT2D eigenvalue weighted by Crippen LogP contribution is -2.31. The van der Waals surface area contributed by atoms with Crippen molar-refractivity contribution in [1.29, 1.82) is 0 Å². The zero-order valence-electron chi connectivity index (χ0n) is 8.69. The number of thioether (sulfide) groups is 1. The molecule has 0 aromatic heterocycles. The minimum atomic E-state index is -4.33. The summed E-state index contributed by atoms with van der Waals surface area (Å²) in [6, 6.07) is 4.36. The van der Waals surface area contributed by atoms with Gasteiger partial charge >= 0.3 is 5.51 Å². The summed E-state index contributed by atoms with van der Waals surface area (Å²) in [5.74, 6) is 0. The van der Waals surface area contributed by atoms with Gasteiger partial charge in [-0.25, -0.2) is 0 Å². The van der Waals surface area contributed by atoms with Gasteiger partial charge in [-0.3, -0.25) is 0 Å². The molecule has 0 aliphatic rings. The third-order valence-electron chi connectivity index (χ3n) is 2.07. The van der Waals surface area contributed by atoms with Crippen molar-refractivity contribution in [2.75, 3.05) is 6.61 Å². The van der Waals surface area contributed by atoms with Crippen molar-refractivity contribution in [3.05, 3.63) is 29.8 Å². The fourth-order valence-corrected chi connectivity index (χ4v) is 1.75. The Kier molecular flexibility index (Phi) is 4.81. The van der Waals surface area contributed by atoms with E-state index in [9.17, 15) is 18.3 Å². The average Bonchev–Trinajstić information content (AvgIpc) is 2.26. The Balaban J connectivity index is 2.74. The molecule has 3 nitrogen and oxygen atoms in total. The van der Waals surface area contributed by atoms with E-state index in [2.05, 4.69) is 0 Å².